The Hall–Kier alpha value is -2.65. The maximum Gasteiger partial charge on any atom is 0.439 e. The molecule has 9 nitrogen and oxygen atoms in total. The molecule has 0 fully saturated rings. The molecule has 1 aromatic carbocycles. The number of nitrogens with zero attached hydrogens (tertiary/aromatic N) is 1. The number of amides is 1. The first-order valence-corrected chi connectivity index (χ1v) is 8.68. The molecule has 3 N–H and O–H groups in total. The lowest BCUT2D eigenvalue weighted by Gasteiger charge is -2.25. The largest absolute Gasteiger partial charge is 0.494 e. The molecule has 1 unspecified atom stereocenters. The summed E-state index contributed by atoms with van der Waals surface area (Å²) < 4.78 is 15.3. The minimum Gasteiger partial charge on any atom is -0.494 e. The highest BCUT2D eigenvalue weighted by Crippen LogP contribution is 2.20. The molecule has 2 aromatic rings. The Morgan fingerprint density at radius 1 is 1.41 bits per heavy atom. The zero-order chi connectivity index (χ0) is 19.7. The molecule has 0 saturated heterocycles. The lowest BCUT2D eigenvalue weighted by atomic mass is 10.1. The fraction of sp³-hybridized carbons (Fsp3) is 0.500. The van der Waals surface area contributed by atoms with E-state index in [0.717, 1.165) is 0 Å². The molecule has 0 radical (unpaired) electrons. The topological polar surface area (TPSA) is 127 Å². The van der Waals surface area contributed by atoms with E-state index in [1.54, 1.807) is 31.2 Å². The number of carbonyl (C=O) groups excluding carboxylic acids is 1. The van der Waals surface area contributed by atoms with Crippen molar-refractivity contribution in [1.29, 1.82) is 0 Å². The third-order valence-electron chi connectivity index (χ3n) is 4.10. The monoisotopic (exact) mass is 379 g/mol. The summed E-state index contributed by atoms with van der Waals surface area (Å²) in [4.78, 5) is 25.3. The van der Waals surface area contributed by atoms with E-state index in [4.69, 9.17) is 9.47 Å². The van der Waals surface area contributed by atoms with Crippen LogP contribution in [0.3, 0.4) is 0 Å². The predicted octanol–water partition coefficient (Wildman–Crippen LogP) is 1.09. The van der Waals surface area contributed by atoms with E-state index in [-0.39, 0.29) is 19.1 Å². The Balaban J connectivity index is 1.68. The Labute approximate surface area is 156 Å². The van der Waals surface area contributed by atoms with Crippen molar-refractivity contribution in [3.8, 4) is 17.1 Å². The van der Waals surface area contributed by atoms with Gasteiger partial charge in [-0.3, -0.25) is 14.3 Å². The number of aliphatic hydroxyl groups is 1. The third kappa shape index (κ3) is 6.54. The van der Waals surface area contributed by atoms with Crippen LogP contribution in [0.1, 0.15) is 26.2 Å². The molecule has 0 aliphatic heterocycles. The van der Waals surface area contributed by atoms with Crippen LogP contribution in [0.15, 0.2) is 33.6 Å². The van der Waals surface area contributed by atoms with Crippen LogP contribution < -0.4 is 15.8 Å². The summed E-state index contributed by atoms with van der Waals surface area (Å²) in [7, 11) is 1.50. The van der Waals surface area contributed by atoms with Gasteiger partial charge >= 0.3 is 5.76 Å². The number of aromatic amines is 1. The van der Waals surface area contributed by atoms with Crippen molar-refractivity contribution in [1.82, 2.24) is 15.5 Å². The van der Waals surface area contributed by atoms with Crippen molar-refractivity contribution in [2.75, 3.05) is 26.9 Å². The summed E-state index contributed by atoms with van der Waals surface area (Å²) in [5.74, 6) is 0.274. The van der Waals surface area contributed by atoms with Crippen molar-refractivity contribution in [2.45, 2.75) is 31.8 Å². The minimum absolute atomic E-state index is 0.0938. The number of unbranched alkanes of at least 4 members (excludes halogenated alkanes) is 1. The zero-order valence-electron chi connectivity index (χ0n) is 15.5. The van der Waals surface area contributed by atoms with Gasteiger partial charge in [-0.1, -0.05) is 17.3 Å². The Kier molecular flexibility index (Phi) is 7.56. The molecular weight excluding hydrogens is 354 g/mol. The highest BCUT2D eigenvalue weighted by atomic mass is 16.5. The molecule has 2 rings (SSSR count). The number of hydrogen-bond donors (Lipinski definition) is 3. The molecule has 0 spiro atoms. The number of rotatable bonds is 11. The lowest BCUT2D eigenvalue weighted by Crippen LogP contribution is -2.44. The van der Waals surface area contributed by atoms with Gasteiger partial charge in [-0.2, -0.15) is 0 Å². The number of hydrogen-bond acceptors (Lipinski definition) is 7. The zero-order valence-corrected chi connectivity index (χ0v) is 15.5. The molecule has 1 amide bonds. The number of H-pyrrole nitrogens is 1. The Morgan fingerprint density at radius 3 is 2.89 bits per heavy atom. The van der Waals surface area contributed by atoms with E-state index < -0.39 is 11.4 Å². The summed E-state index contributed by atoms with van der Waals surface area (Å²) in [5.41, 5.74) is -0.0828. The number of nitrogens with one attached hydrogen (secondary N) is 2. The van der Waals surface area contributed by atoms with Gasteiger partial charge in [0.05, 0.1) is 13.2 Å². The van der Waals surface area contributed by atoms with Gasteiger partial charge in [0.2, 0.25) is 5.91 Å². The van der Waals surface area contributed by atoms with E-state index >= 15 is 0 Å². The first kappa shape index (κ1) is 20.7. The quantitative estimate of drug-likeness (QED) is 0.499. The van der Waals surface area contributed by atoms with Crippen LogP contribution >= 0.6 is 0 Å². The van der Waals surface area contributed by atoms with Crippen LogP contribution in [0.2, 0.25) is 0 Å². The number of methoxy groups -OCH3 is 1. The van der Waals surface area contributed by atoms with Crippen LogP contribution in [-0.2, 0) is 9.53 Å². The SMILES string of the molecule is COC(C)(CO)CNC(=O)CCCCOc1cccc(-c2noc(=O)[nH]2)c1. The second-order valence-electron chi connectivity index (χ2n) is 6.37. The smallest absolute Gasteiger partial charge is 0.439 e. The van der Waals surface area contributed by atoms with Crippen LogP contribution in [0.25, 0.3) is 11.4 Å². The van der Waals surface area contributed by atoms with Gasteiger partial charge in [0, 0.05) is 25.6 Å². The van der Waals surface area contributed by atoms with Gasteiger partial charge in [0.15, 0.2) is 5.82 Å². The summed E-state index contributed by atoms with van der Waals surface area (Å²) >= 11 is 0. The molecule has 0 aliphatic carbocycles. The fourth-order valence-electron chi connectivity index (χ4n) is 2.23. The van der Waals surface area contributed by atoms with Gasteiger partial charge < -0.3 is 19.9 Å². The highest BCUT2D eigenvalue weighted by Gasteiger charge is 2.22. The number of aromatic nitrogens is 2. The molecule has 1 heterocycles. The van der Waals surface area contributed by atoms with E-state index in [1.165, 1.54) is 7.11 Å². The van der Waals surface area contributed by atoms with E-state index in [0.29, 0.717) is 43.0 Å². The standard InChI is InChI=1S/C18H25N3O6/c1-18(12-22,25-2)11-19-15(23)8-3-4-9-26-14-7-5-6-13(10-14)16-20-17(24)27-21-16/h5-7,10,22H,3-4,8-9,11-12H2,1-2H3,(H,19,23)(H,20,21,24). The van der Waals surface area contributed by atoms with Crippen molar-refractivity contribution >= 4 is 5.91 Å². The highest BCUT2D eigenvalue weighted by molar-refractivity contribution is 5.75. The second kappa shape index (κ2) is 9.89. The van der Waals surface area contributed by atoms with Gasteiger partial charge in [-0.05, 0) is 31.9 Å². The van der Waals surface area contributed by atoms with Crippen molar-refractivity contribution in [3.63, 3.8) is 0 Å². The minimum atomic E-state index is -0.766. The molecule has 0 aliphatic rings. The van der Waals surface area contributed by atoms with E-state index in [2.05, 4.69) is 20.0 Å². The van der Waals surface area contributed by atoms with Crippen molar-refractivity contribution < 1.29 is 23.9 Å². The predicted molar refractivity (Wildman–Crippen MR) is 97.4 cm³/mol. The van der Waals surface area contributed by atoms with Gasteiger partial charge in [0.1, 0.15) is 11.4 Å². The summed E-state index contributed by atoms with van der Waals surface area (Å²) in [6.45, 7) is 2.27. The molecule has 27 heavy (non-hydrogen) atoms. The molecule has 1 atom stereocenters. The van der Waals surface area contributed by atoms with Gasteiger partial charge in [-0.25, -0.2) is 4.79 Å². The molecule has 0 bridgehead atoms. The maximum absolute atomic E-state index is 11.8. The van der Waals surface area contributed by atoms with Crippen molar-refractivity contribution in [2.24, 2.45) is 0 Å². The molecule has 1 aromatic heterocycles. The summed E-state index contributed by atoms with van der Waals surface area (Å²) in [5, 5.41) is 15.6. The average molecular weight is 379 g/mol. The molecule has 148 valence electrons. The summed E-state index contributed by atoms with van der Waals surface area (Å²) in [6.07, 6.45) is 1.75. The number of benzene rings is 1. The van der Waals surface area contributed by atoms with Crippen molar-refractivity contribution in [3.05, 3.63) is 34.8 Å². The lowest BCUT2D eigenvalue weighted by molar-refractivity contribution is -0.123. The van der Waals surface area contributed by atoms with Crippen LogP contribution in [0, 0.1) is 0 Å². The molecular formula is C18H25N3O6. The van der Waals surface area contributed by atoms with Crippen LogP contribution in [0.5, 0.6) is 5.75 Å². The molecule has 0 saturated carbocycles. The van der Waals surface area contributed by atoms with Gasteiger partial charge in [0.25, 0.3) is 0 Å². The second-order valence-corrected chi connectivity index (χ2v) is 6.37. The first-order chi connectivity index (χ1) is 13.0. The first-order valence-electron chi connectivity index (χ1n) is 8.68. The normalized spacial score (nSPS) is 13.1. The Morgan fingerprint density at radius 2 is 2.22 bits per heavy atom. The maximum atomic E-state index is 11.8. The number of ether oxygens (including phenoxy) is 2. The third-order valence-corrected chi connectivity index (χ3v) is 4.10. The summed E-state index contributed by atoms with van der Waals surface area (Å²) in [6, 6.07) is 7.13. The van der Waals surface area contributed by atoms with Crippen LogP contribution in [0.4, 0.5) is 0 Å². The average Bonchev–Trinajstić information content (AvgIpc) is 3.12. The van der Waals surface area contributed by atoms with E-state index in [1.807, 2.05) is 0 Å². The molecule has 9 heteroatoms. The number of carbonyl (C=O) groups is 1. The van der Waals surface area contributed by atoms with Crippen LogP contribution in [-0.4, -0.2) is 53.6 Å². The fourth-order valence-corrected chi connectivity index (χ4v) is 2.23. The Bertz CT molecular complexity index is 781. The van der Waals surface area contributed by atoms with Gasteiger partial charge in [-0.15, -0.1) is 0 Å². The van der Waals surface area contributed by atoms with E-state index in [9.17, 15) is 14.7 Å². The number of aliphatic hydroxyl groups excluding tert-OH is 1.